The first-order valence-corrected chi connectivity index (χ1v) is 10.6. The van der Waals surface area contributed by atoms with Gasteiger partial charge in [-0.2, -0.15) is 0 Å². The monoisotopic (exact) mass is 427 g/mol. The molecule has 3 rings (SSSR count). The summed E-state index contributed by atoms with van der Waals surface area (Å²) in [5.41, 5.74) is 2.29. The van der Waals surface area contributed by atoms with E-state index >= 15 is 0 Å². The van der Waals surface area contributed by atoms with Crippen LogP contribution in [0.15, 0.2) is 40.5 Å². The van der Waals surface area contributed by atoms with Crippen molar-refractivity contribution in [2.45, 2.75) is 40.0 Å². The van der Waals surface area contributed by atoms with E-state index in [9.17, 15) is 14.4 Å². The maximum Gasteiger partial charge on any atom is 0.316 e. The molecular formula is C24H29NO6. The zero-order valence-electron chi connectivity index (χ0n) is 18.6. The number of esters is 2. The molecule has 31 heavy (non-hydrogen) atoms. The predicted molar refractivity (Wildman–Crippen MR) is 115 cm³/mol. The number of allylic oxidation sites excluding steroid dienone is 2. The first-order chi connectivity index (χ1) is 14.8. The van der Waals surface area contributed by atoms with Crippen molar-refractivity contribution in [3.8, 4) is 5.75 Å². The first kappa shape index (κ1) is 22.7. The number of carbonyl (C=O) groups is 3. The number of Topliss-reactive ketones (excluding diaryl/α,β-unsaturated/α-hetero) is 1. The quantitative estimate of drug-likeness (QED) is 0.510. The highest BCUT2D eigenvalue weighted by atomic mass is 16.5. The molecular weight excluding hydrogens is 398 g/mol. The average Bonchev–Trinajstić information content (AvgIpc) is 2.73. The Morgan fingerprint density at radius 2 is 1.81 bits per heavy atom. The maximum absolute atomic E-state index is 13.6. The van der Waals surface area contributed by atoms with Gasteiger partial charge in [-0.15, -0.1) is 0 Å². The number of ketones is 1. The summed E-state index contributed by atoms with van der Waals surface area (Å²) in [5.74, 6) is -3.39. The van der Waals surface area contributed by atoms with Gasteiger partial charge in [-0.05, 0) is 39.2 Å². The summed E-state index contributed by atoms with van der Waals surface area (Å²) in [7, 11) is 1.28. The van der Waals surface area contributed by atoms with Crippen molar-refractivity contribution in [2.24, 2.45) is 22.7 Å². The zero-order valence-corrected chi connectivity index (χ0v) is 18.6. The smallest absolute Gasteiger partial charge is 0.316 e. The van der Waals surface area contributed by atoms with E-state index in [-0.39, 0.29) is 18.3 Å². The van der Waals surface area contributed by atoms with Crippen LogP contribution < -0.4 is 4.74 Å². The van der Waals surface area contributed by atoms with Gasteiger partial charge in [0.05, 0.1) is 20.3 Å². The molecule has 0 amide bonds. The lowest BCUT2D eigenvalue weighted by Gasteiger charge is -2.38. The van der Waals surface area contributed by atoms with Gasteiger partial charge in [-0.25, -0.2) is 0 Å². The fourth-order valence-electron chi connectivity index (χ4n) is 4.59. The Hall–Kier alpha value is -2.96. The van der Waals surface area contributed by atoms with Crippen LogP contribution in [0.2, 0.25) is 0 Å². The van der Waals surface area contributed by atoms with Crippen LogP contribution in [0.3, 0.4) is 0 Å². The summed E-state index contributed by atoms with van der Waals surface area (Å²) in [6.07, 6.45) is 0.445. The van der Waals surface area contributed by atoms with Crippen LogP contribution in [0, 0.1) is 17.8 Å². The van der Waals surface area contributed by atoms with E-state index in [0.717, 1.165) is 0 Å². The molecule has 0 saturated heterocycles. The van der Waals surface area contributed by atoms with Gasteiger partial charge in [0, 0.05) is 28.5 Å². The van der Waals surface area contributed by atoms with Gasteiger partial charge in [-0.3, -0.25) is 19.4 Å². The van der Waals surface area contributed by atoms with Crippen molar-refractivity contribution >= 4 is 23.4 Å². The predicted octanol–water partition coefficient (Wildman–Crippen LogP) is 3.47. The van der Waals surface area contributed by atoms with Gasteiger partial charge in [-0.1, -0.05) is 25.1 Å². The highest BCUT2D eigenvalue weighted by Gasteiger charge is 2.49. The molecule has 7 heteroatoms. The Labute approximate surface area is 182 Å². The van der Waals surface area contributed by atoms with Crippen LogP contribution in [0.5, 0.6) is 5.75 Å². The topological polar surface area (TPSA) is 91.3 Å². The molecule has 1 aliphatic carbocycles. The van der Waals surface area contributed by atoms with Crippen molar-refractivity contribution in [2.75, 3.05) is 20.3 Å². The minimum atomic E-state index is -0.929. The molecule has 1 aromatic rings. The minimum absolute atomic E-state index is 0.212. The standard InChI is InChI=1S/C24H29NO6/c1-6-30-17-11-9-8-10-15(17)20-19(24(28)31-7-2)14(4)25-16-12-13(3)18(23(27)29-5)22(26)21(16)20/h8-11,13,18-20H,6-7,12H2,1-5H3/t13-,18-,19+,20-/m0/s1. The second kappa shape index (κ2) is 9.45. The second-order valence-corrected chi connectivity index (χ2v) is 7.84. The molecule has 1 heterocycles. The van der Waals surface area contributed by atoms with E-state index in [4.69, 9.17) is 14.2 Å². The summed E-state index contributed by atoms with van der Waals surface area (Å²) in [5, 5.41) is 0. The fourth-order valence-corrected chi connectivity index (χ4v) is 4.59. The molecule has 0 N–H and O–H groups in total. The molecule has 2 aliphatic rings. The number of nitrogens with zero attached hydrogens (tertiary/aromatic N) is 1. The Kier molecular flexibility index (Phi) is 6.93. The molecule has 7 nitrogen and oxygen atoms in total. The third-order valence-electron chi connectivity index (χ3n) is 5.90. The van der Waals surface area contributed by atoms with Gasteiger partial charge < -0.3 is 14.2 Å². The van der Waals surface area contributed by atoms with Crippen molar-refractivity contribution in [3.63, 3.8) is 0 Å². The Bertz CT molecular complexity index is 947. The number of hydrogen-bond acceptors (Lipinski definition) is 7. The van der Waals surface area contributed by atoms with Crippen LogP contribution in [0.25, 0.3) is 0 Å². The number of para-hydroxylation sites is 1. The minimum Gasteiger partial charge on any atom is -0.494 e. The van der Waals surface area contributed by atoms with Crippen molar-refractivity contribution < 1.29 is 28.6 Å². The number of methoxy groups -OCH3 is 1. The number of benzene rings is 1. The molecule has 1 aromatic carbocycles. The van der Waals surface area contributed by atoms with Crippen molar-refractivity contribution in [1.29, 1.82) is 0 Å². The van der Waals surface area contributed by atoms with Crippen LogP contribution in [0.1, 0.15) is 45.6 Å². The highest BCUT2D eigenvalue weighted by molar-refractivity contribution is 6.14. The third-order valence-corrected chi connectivity index (χ3v) is 5.90. The van der Waals surface area contributed by atoms with E-state index in [1.807, 2.05) is 38.1 Å². The van der Waals surface area contributed by atoms with E-state index in [1.165, 1.54) is 7.11 Å². The number of carbonyl (C=O) groups excluding carboxylic acids is 3. The molecule has 0 fully saturated rings. The highest BCUT2D eigenvalue weighted by Crippen LogP contribution is 2.48. The van der Waals surface area contributed by atoms with E-state index in [0.29, 0.717) is 41.3 Å². The van der Waals surface area contributed by atoms with Crippen LogP contribution >= 0.6 is 0 Å². The van der Waals surface area contributed by atoms with Gasteiger partial charge in [0.2, 0.25) is 0 Å². The lowest BCUT2D eigenvalue weighted by Crippen LogP contribution is -2.43. The summed E-state index contributed by atoms with van der Waals surface area (Å²) in [6, 6.07) is 7.35. The second-order valence-electron chi connectivity index (χ2n) is 7.84. The van der Waals surface area contributed by atoms with Gasteiger partial charge in [0.1, 0.15) is 17.6 Å². The fraction of sp³-hybridized carbons (Fsp3) is 0.500. The lowest BCUT2D eigenvalue weighted by molar-refractivity contribution is -0.151. The van der Waals surface area contributed by atoms with Crippen LogP contribution in [0.4, 0.5) is 0 Å². The number of rotatable bonds is 6. The van der Waals surface area contributed by atoms with Crippen molar-refractivity contribution in [3.05, 3.63) is 41.1 Å². The molecule has 166 valence electrons. The normalized spacial score (nSPS) is 25.5. The molecule has 1 aliphatic heterocycles. The Morgan fingerprint density at radius 1 is 1.10 bits per heavy atom. The zero-order chi connectivity index (χ0) is 22.7. The molecule has 0 bridgehead atoms. The van der Waals surface area contributed by atoms with Gasteiger partial charge in [0.15, 0.2) is 5.78 Å². The van der Waals surface area contributed by atoms with Crippen LogP contribution in [-0.2, 0) is 23.9 Å². The van der Waals surface area contributed by atoms with E-state index in [1.54, 1.807) is 13.8 Å². The van der Waals surface area contributed by atoms with Gasteiger partial charge in [0.25, 0.3) is 0 Å². The molecule has 0 aromatic heterocycles. The van der Waals surface area contributed by atoms with E-state index in [2.05, 4.69) is 4.99 Å². The summed E-state index contributed by atoms with van der Waals surface area (Å²) in [4.78, 5) is 43.7. The third kappa shape index (κ3) is 4.13. The van der Waals surface area contributed by atoms with E-state index < -0.39 is 29.7 Å². The van der Waals surface area contributed by atoms with Gasteiger partial charge >= 0.3 is 11.9 Å². The van der Waals surface area contributed by atoms with Crippen LogP contribution in [-0.4, -0.2) is 43.8 Å². The lowest BCUT2D eigenvalue weighted by atomic mass is 9.67. The van der Waals surface area contributed by atoms with Crippen molar-refractivity contribution in [1.82, 2.24) is 0 Å². The molecule has 0 spiro atoms. The maximum atomic E-state index is 13.6. The number of aliphatic imine (C=N–C) groups is 1. The Morgan fingerprint density at radius 3 is 2.45 bits per heavy atom. The summed E-state index contributed by atoms with van der Waals surface area (Å²) in [6.45, 7) is 7.88. The number of ether oxygens (including phenoxy) is 3. The number of hydrogen-bond donors (Lipinski definition) is 0. The average molecular weight is 427 g/mol. The SMILES string of the molecule is CCOC(=O)[C@@H]1C(C)=NC2=C(C(=O)[C@@H](C(=O)OC)[C@@H](C)C2)[C@H]1c1ccccc1OCC. The first-order valence-electron chi connectivity index (χ1n) is 10.6. The summed E-state index contributed by atoms with van der Waals surface area (Å²) < 4.78 is 16.1. The largest absolute Gasteiger partial charge is 0.494 e. The Balaban J connectivity index is 2.23. The molecule has 0 unspecified atom stereocenters. The summed E-state index contributed by atoms with van der Waals surface area (Å²) >= 11 is 0. The molecule has 0 saturated carbocycles. The molecule has 0 radical (unpaired) electrons. The molecule has 4 atom stereocenters.